The van der Waals surface area contributed by atoms with Crippen molar-refractivity contribution in [2.24, 2.45) is 0 Å². The van der Waals surface area contributed by atoms with Gasteiger partial charge in [-0.15, -0.1) is 0 Å². The van der Waals surface area contributed by atoms with E-state index in [1.54, 1.807) is 7.11 Å². The van der Waals surface area contributed by atoms with Gasteiger partial charge in [0.05, 0.1) is 6.54 Å². The monoisotopic (exact) mass is 354 g/mol. The number of nitrogens with zero attached hydrogens (tertiary/aromatic N) is 4. The Hall–Kier alpha value is -0.690. The van der Waals surface area contributed by atoms with Crippen molar-refractivity contribution >= 4 is 5.91 Å². The van der Waals surface area contributed by atoms with Gasteiger partial charge in [-0.05, 0) is 34.1 Å². The van der Waals surface area contributed by atoms with Crippen LogP contribution in [0.5, 0.6) is 0 Å². The molecule has 2 rings (SSSR count). The molecule has 1 amide bonds. The van der Waals surface area contributed by atoms with Gasteiger partial charge in [-0.2, -0.15) is 0 Å². The van der Waals surface area contributed by atoms with E-state index in [9.17, 15) is 4.79 Å². The Morgan fingerprint density at radius 1 is 1.08 bits per heavy atom. The summed E-state index contributed by atoms with van der Waals surface area (Å²) < 4.78 is 5.16. The zero-order valence-corrected chi connectivity index (χ0v) is 16.9. The SMILES string of the molecule is COCCCN1CC(C)N(CC(=O)N2CCN(C(C)C)CC2)C(C)C1. The highest BCUT2D eigenvalue weighted by atomic mass is 16.5. The van der Waals surface area contributed by atoms with Crippen LogP contribution in [0.4, 0.5) is 0 Å². The summed E-state index contributed by atoms with van der Waals surface area (Å²) in [5, 5.41) is 0. The first-order valence-corrected chi connectivity index (χ1v) is 9.91. The maximum Gasteiger partial charge on any atom is 0.236 e. The molecule has 2 aliphatic heterocycles. The van der Waals surface area contributed by atoms with E-state index in [-0.39, 0.29) is 0 Å². The molecule has 6 heteroatoms. The number of carbonyl (C=O) groups is 1. The molecule has 0 aromatic heterocycles. The fourth-order valence-corrected chi connectivity index (χ4v) is 4.14. The molecule has 0 aromatic carbocycles. The molecular formula is C19H38N4O2. The van der Waals surface area contributed by atoms with Gasteiger partial charge in [0.2, 0.25) is 5.91 Å². The number of hydrogen-bond donors (Lipinski definition) is 0. The molecule has 0 bridgehead atoms. The van der Waals surface area contributed by atoms with Gasteiger partial charge >= 0.3 is 0 Å². The first kappa shape index (κ1) is 20.6. The lowest BCUT2D eigenvalue weighted by Crippen LogP contribution is -2.60. The zero-order chi connectivity index (χ0) is 18.4. The smallest absolute Gasteiger partial charge is 0.236 e. The number of rotatable bonds is 7. The van der Waals surface area contributed by atoms with E-state index in [0.29, 0.717) is 30.6 Å². The van der Waals surface area contributed by atoms with Gasteiger partial charge in [0.15, 0.2) is 0 Å². The number of amides is 1. The Bertz CT molecular complexity index is 398. The molecule has 146 valence electrons. The molecule has 2 fully saturated rings. The number of carbonyl (C=O) groups excluding carboxylic acids is 1. The highest BCUT2D eigenvalue weighted by Gasteiger charge is 2.32. The molecule has 2 saturated heterocycles. The van der Waals surface area contributed by atoms with Crippen molar-refractivity contribution in [1.82, 2.24) is 19.6 Å². The van der Waals surface area contributed by atoms with Crippen LogP contribution in [0.15, 0.2) is 0 Å². The molecule has 6 nitrogen and oxygen atoms in total. The third kappa shape index (κ3) is 5.91. The molecule has 0 aliphatic carbocycles. The van der Waals surface area contributed by atoms with Crippen LogP contribution in [-0.4, -0.2) is 110 Å². The lowest BCUT2D eigenvalue weighted by molar-refractivity contribution is -0.136. The zero-order valence-electron chi connectivity index (χ0n) is 16.9. The van der Waals surface area contributed by atoms with Gasteiger partial charge in [0.25, 0.3) is 0 Å². The van der Waals surface area contributed by atoms with E-state index in [1.165, 1.54) is 0 Å². The fraction of sp³-hybridized carbons (Fsp3) is 0.947. The average Bonchev–Trinajstić information content (AvgIpc) is 2.58. The highest BCUT2D eigenvalue weighted by Crippen LogP contribution is 2.17. The quantitative estimate of drug-likeness (QED) is 0.637. The van der Waals surface area contributed by atoms with Crippen LogP contribution in [-0.2, 0) is 9.53 Å². The molecule has 0 radical (unpaired) electrons. The van der Waals surface area contributed by atoms with Gasteiger partial charge in [0, 0.05) is 77.7 Å². The lowest BCUT2D eigenvalue weighted by Gasteiger charge is -2.45. The van der Waals surface area contributed by atoms with E-state index in [2.05, 4.69) is 47.3 Å². The maximum atomic E-state index is 12.8. The molecular weight excluding hydrogens is 316 g/mol. The third-order valence-electron chi connectivity index (χ3n) is 5.72. The second-order valence-electron chi connectivity index (χ2n) is 7.99. The molecule has 0 N–H and O–H groups in total. The van der Waals surface area contributed by atoms with Crippen LogP contribution in [0.2, 0.25) is 0 Å². The predicted octanol–water partition coefficient (Wildman–Crippen LogP) is 0.970. The third-order valence-corrected chi connectivity index (χ3v) is 5.72. The van der Waals surface area contributed by atoms with Gasteiger partial charge in [0.1, 0.15) is 0 Å². The number of ether oxygens (including phenoxy) is 1. The summed E-state index contributed by atoms with van der Waals surface area (Å²) in [6.45, 7) is 17.3. The molecule has 2 atom stereocenters. The molecule has 0 spiro atoms. The first-order valence-electron chi connectivity index (χ1n) is 9.91. The van der Waals surface area contributed by atoms with Crippen molar-refractivity contribution < 1.29 is 9.53 Å². The van der Waals surface area contributed by atoms with E-state index in [0.717, 1.165) is 58.8 Å². The second kappa shape index (κ2) is 9.86. The van der Waals surface area contributed by atoms with Crippen molar-refractivity contribution in [1.29, 1.82) is 0 Å². The minimum atomic E-state index is 0.301. The lowest BCUT2D eigenvalue weighted by atomic mass is 10.1. The van der Waals surface area contributed by atoms with Crippen molar-refractivity contribution in [3.63, 3.8) is 0 Å². The summed E-state index contributed by atoms with van der Waals surface area (Å²) in [4.78, 5) is 22.2. The average molecular weight is 355 g/mol. The van der Waals surface area contributed by atoms with Crippen LogP contribution in [0.1, 0.15) is 34.1 Å². The van der Waals surface area contributed by atoms with Crippen molar-refractivity contribution in [2.45, 2.75) is 52.2 Å². The van der Waals surface area contributed by atoms with Gasteiger partial charge in [-0.1, -0.05) is 0 Å². The molecule has 0 saturated carbocycles. The van der Waals surface area contributed by atoms with Gasteiger partial charge < -0.3 is 14.5 Å². The van der Waals surface area contributed by atoms with Crippen molar-refractivity contribution in [2.75, 3.05) is 66.1 Å². The van der Waals surface area contributed by atoms with E-state index in [4.69, 9.17) is 4.74 Å². The predicted molar refractivity (Wildman–Crippen MR) is 102 cm³/mol. The van der Waals surface area contributed by atoms with Crippen LogP contribution in [0.3, 0.4) is 0 Å². The van der Waals surface area contributed by atoms with E-state index >= 15 is 0 Å². The summed E-state index contributed by atoms with van der Waals surface area (Å²) >= 11 is 0. The minimum absolute atomic E-state index is 0.301. The fourth-order valence-electron chi connectivity index (χ4n) is 4.14. The van der Waals surface area contributed by atoms with Gasteiger partial charge in [-0.3, -0.25) is 14.6 Å². The Morgan fingerprint density at radius 2 is 1.68 bits per heavy atom. The summed E-state index contributed by atoms with van der Waals surface area (Å²) in [7, 11) is 1.76. The van der Waals surface area contributed by atoms with Crippen LogP contribution >= 0.6 is 0 Å². The topological polar surface area (TPSA) is 39.3 Å². The normalized spacial score (nSPS) is 27.2. The number of piperazine rings is 2. The summed E-state index contributed by atoms with van der Waals surface area (Å²) in [5.74, 6) is 0.301. The number of hydrogen-bond acceptors (Lipinski definition) is 5. The first-order chi connectivity index (χ1) is 11.9. The Balaban J connectivity index is 1.79. The number of methoxy groups -OCH3 is 1. The highest BCUT2D eigenvalue weighted by molar-refractivity contribution is 5.78. The second-order valence-corrected chi connectivity index (χ2v) is 7.99. The Labute approximate surface area is 154 Å². The summed E-state index contributed by atoms with van der Waals surface area (Å²) in [5.41, 5.74) is 0. The summed E-state index contributed by atoms with van der Waals surface area (Å²) in [6.07, 6.45) is 1.08. The molecule has 2 aliphatic rings. The summed E-state index contributed by atoms with van der Waals surface area (Å²) in [6, 6.07) is 1.42. The van der Waals surface area contributed by atoms with Gasteiger partial charge in [-0.25, -0.2) is 0 Å². The molecule has 2 unspecified atom stereocenters. The van der Waals surface area contributed by atoms with Crippen LogP contribution in [0.25, 0.3) is 0 Å². The van der Waals surface area contributed by atoms with Crippen molar-refractivity contribution in [3.05, 3.63) is 0 Å². The van der Waals surface area contributed by atoms with E-state index < -0.39 is 0 Å². The maximum absolute atomic E-state index is 12.8. The molecule has 25 heavy (non-hydrogen) atoms. The Morgan fingerprint density at radius 3 is 2.20 bits per heavy atom. The van der Waals surface area contributed by atoms with Crippen LogP contribution < -0.4 is 0 Å². The van der Waals surface area contributed by atoms with Crippen LogP contribution in [0, 0.1) is 0 Å². The minimum Gasteiger partial charge on any atom is -0.385 e. The van der Waals surface area contributed by atoms with Crippen molar-refractivity contribution in [3.8, 4) is 0 Å². The standard InChI is InChI=1S/C19H38N4O2/c1-16(2)21-8-10-22(11-9-21)19(24)15-23-17(3)13-20(14-18(23)4)7-6-12-25-5/h16-18H,6-15H2,1-5H3. The Kier molecular flexibility index (Phi) is 8.13. The molecule has 2 heterocycles. The largest absolute Gasteiger partial charge is 0.385 e. The molecule has 0 aromatic rings. The van der Waals surface area contributed by atoms with E-state index in [1.807, 2.05) is 0 Å².